The first kappa shape index (κ1) is 11.9. The van der Waals surface area contributed by atoms with E-state index < -0.39 is 0 Å². The van der Waals surface area contributed by atoms with E-state index in [2.05, 4.69) is 21.2 Å². The summed E-state index contributed by atoms with van der Waals surface area (Å²) in [5.41, 5.74) is 2.15. The molecule has 1 aliphatic carbocycles. The number of nitrogens with one attached hydrogen (secondary N) is 1. The predicted molar refractivity (Wildman–Crippen MR) is 69.6 cm³/mol. The molecule has 2 nitrogen and oxygen atoms in total. The van der Waals surface area contributed by atoms with Crippen molar-refractivity contribution in [2.45, 2.75) is 32.7 Å². The van der Waals surface area contributed by atoms with Gasteiger partial charge in [0, 0.05) is 12.1 Å². The van der Waals surface area contributed by atoms with Crippen molar-refractivity contribution in [3.05, 3.63) is 27.7 Å². The number of benzene rings is 1. The average Bonchev–Trinajstić information content (AvgIpc) is 2.16. The molecule has 0 amide bonds. The summed E-state index contributed by atoms with van der Waals surface area (Å²) in [5.74, 6) is 1.22. The van der Waals surface area contributed by atoms with E-state index in [1.807, 2.05) is 19.1 Å². The summed E-state index contributed by atoms with van der Waals surface area (Å²) in [7, 11) is 0. The molecule has 1 fully saturated rings. The van der Waals surface area contributed by atoms with Crippen molar-refractivity contribution in [3.63, 3.8) is 0 Å². The quantitative estimate of drug-likeness (QED) is 0.888. The highest BCUT2D eigenvalue weighted by Crippen LogP contribution is 2.29. The van der Waals surface area contributed by atoms with Gasteiger partial charge in [-0.15, -0.1) is 0 Å². The molecule has 3 heteroatoms. The average molecular weight is 284 g/mol. The first-order valence-corrected chi connectivity index (χ1v) is 6.65. The molecule has 0 atom stereocenters. The van der Waals surface area contributed by atoms with Gasteiger partial charge in [-0.25, -0.2) is 0 Å². The molecule has 0 aliphatic heterocycles. The van der Waals surface area contributed by atoms with Crippen LogP contribution < -0.4 is 5.32 Å². The van der Waals surface area contributed by atoms with Crippen LogP contribution in [0.1, 0.15) is 30.4 Å². The van der Waals surface area contributed by atoms with Crippen LogP contribution in [0, 0.1) is 12.8 Å². The Hall–Kier alpha value is -0.540. The Kier molecular flexibility index (Phi) is 3.87. The molecular formula is C13H18BrNO. The molecule has 1 aromatic carbocycles. The van der Waals surface area contributed by atoms with Gasteiger partial charge in [0.25, 0.3) is 0 Å². The van der Waals surface area contributed by atoms with Crippen molar-refractivity contribution < 1.29 is 5.11 Å². The van der Waals surface area contributed by atoms with Gasteiger partial charge in [0.1, 0.15) is 5.75 Å². The van der Waals surface area contributed by atoms with E-state index in [1.54, 1.807) is 0 Å². The Morgan fingerprint density at radius 3 is 2.81 bits per heavy atom. The molecule has 0 heterocycles. The number of aryl methyl sites for hydroxylation is 1. The molecule has 1 aliphatic rings. The van der Waals surface area contributed by atoms with Crippen LogP contribution in [0.15, 0.2) is 16.6 Å². The van der Waals surface area contributed by atoms with E-state index in [4.69, 9.17) is 0 Å². The Bertz CT molecular complexity index is 374. The number of rotatable bonds is 4. The lowest BCUT2D eigenvalue weighted by Crippen LogP contribution is -2.26. The van der Waals surface area contributed by atoms with Crippen molar-refractivity contribution in [2.75, 3.05) is 6.54 Å². The topological polar surface area (TPSA) is 32.3 Å². The van der Waals surface area contributed by atoms with Crippen molar-refractivity contribution >= 4 is 15.9 Å². The van der Waals surface area contributed by atoms with Crippen LogP contribution >= 0.6 is 15.9 Å². The third-order valence-electron chi connectivity index (χ3n) is 3.26. The zero-order valence-electron chi connectivity index (χ0n) is 9.59. The number of phenolic OH excluding ortho intramolecular Hbond substituents is 1. The number of hydrogen-bond donors (Lipinski definition) is 2. The van der Waals surface area contributed by atoms with Gasteiger partial charge in [-0.2, -0.15) is 0 Å². The van der Waals surface area contributed by atoms with E-state index in [0.717, 1.165) is 29.0 Å². The second-order valence-corrected chi connectivity index (χ2v) is 5.54. The van der Waals surface area contributed by atoms with Crippen LogP contribution in [0.2, 0.25) is 0 Å². The number of halogens is 1. The molecule has 1 saturated carbocycles. The lowest BCUT2D eigenvalue weighted by molar-refractivity contribution is 0.300. The highest BCUT2D eigenvalue weighted by Gasteiger charge is 2.16. The molecule has 16 heavy (non-hydrogen) atoms. The van der Waals surface area contributed by atoms with Crippen LogP contribution in [-0.4, -0.2) is 11.7 Å². The fraction of sp³-hybridized carbons (Fsp3) is 0.538. The summed E-state index contributed by atoms with van der Waals surface area (Å²) in [4.78, 5) is 0. The van der Waals surface area contributed by atoms with E-state index in [0.29, 0.717) is 5.75 Å². The van der Waals surface area contributed by atoms with E-state index >= 15 is 0 Å². The van der Waals surface area contributed by atoms with Crippen molar-refractivity contribution in [2.24, 2.45) is 5.92 Å². The zero-order chi connectivity index (χ0) is 11.5. The normalized spacial score (nSPS) is 16.1. The molecule has 0 bridgehead atoms. The SMILES string of the molecule is Cc1cc(Br)c(O)c(CNCC2CCC2)c1. The summed E-state index contributed by atoms with van der Waals surface area (Å²) in [5, 5.41) is 13.3. The van der Waals surface area contributed by atoms with Gasteiger partial charge in [0.15, 0.2) is 0 Å². The minimum absolute atomic E-state index is 0.367. The lowest BCUT2D eigenvalue weighted by atomic mass is 9.85. The molecule has 1 aromatic rings. The first-order chi connectivity index (χ1) is 7.66. The van der Waals surface area contributed by atoms with Gasteiger partial charge in [-0.3, -0.25) is 0 Å². The molecule has 0 unspecified atom stereocenters. The molecule has 88 valence electrons. The second-order valence-electron chi connectivity index (χ2n) is 4.68. The van der Waals surface area contributed by atoms with Crippen molar-refractivity contribution in [3.8, 4) is 5.75 Å². The molecule has 0 saturated heterocycles. The molecule has 2 rings (SSSR count). The minimum Gasteiger partial charge on any atom is -0.506 e. The maximum atomic E-state index is 9.87. The summed E-state index contributed by atoms with van der Waals surface area (Å²) in [6.45, 7) is 3.87. The highest BCUT2D eigenvalue weighted by molar-refractivity contribution is 9.10. The highest BCUT2D eigenvalue weighted by atomic mass is 79.9. The van der Waals surface area contributed by atoms with Gasteiger partial charge in [0.2, 0.25) is 0 Å². The largest absolute Gasteiger partial charge is 0.506 e. The Balaban J connectivity index is 1.92. The molecule has 2 N–H and O–H groups in total. The Morgan fingerprint density at radius 2 is 2.19 bits per heavy atom. The van der Waals surface area contributed by atoms with Gasteiger partial charge >= 0.3 is 0 Å². The third-order valence-corrected chi connectivity index (χ3v) is 3.86. The summed E-state index contributed by atoms with van der Waals surface area (Å²) >= 11 is 3.36. The second kappa shape index (κ2) is 5.19. The molecule has 0 aromatic heterocycles. The summed E-state index contributed by atoms with van der Waals surface area (Å²) in [6, 6.07) is 3.97. The summed E-state index contributed by atoms with van der Waals surface area (Å²) < 4.78 is 0.785. The van der Waals surface area contributed by atoms with Crippen LogP contribution in [0.25, 0.3) is 0 Å². The maximum Gasteiger partial charge on any atom is 0.134 e. The first-order valence-electron chi connectivity index (χ1n) is 5.85. The minimum atomic E-state index is 0.367. The smallest absolute Gasteiger partial charge is 0.134 e. The number of hydrogen-bond acceptors (Lipinski definition) is 2. The van der Waals surface area contributed by atoms with Gasteiger partial charge in [-0.1, -0.05) is 12.5 Å². The van der Waals surface area contributed by atoms with Gasteiger partial charge in [0.05, 0.1) is 4.47 Å². The van der Waals surface area contributed by atoms with Crippen LogP contribution in [0.4, 0.5) is 0 Å². The van der Waals surface area contributed by atoms with Crippen molar-refractivity contribution in [1.82, 2.24) is 5.32 Å². The van der Waals surface area contributed by atoms with Crippen LogP contribution in [0.3, 0.4) is 0 Å². The zero-order valence-corrected chi connectivity index (χ0v) is 11.2. The Morgan fingerprint density at radius 1 is 1.44 bits per heavy atom. The van der Waals surface area contributed by atoms with Crippen molar-refractivity contribution in [1.29, 1.82) is 0 Å². The lowest BCUT2D eigenvalue weighted by Gasteiger charge is -2.25. The molecule has 0 spiro atoms. The Labute approximate surface area is 105 Å². The molecule has 0 radical (unpaired) electrons. The van der Waals surface area contributed by atoms with Crippen LogP contribution in [0.5, 0.6) is 5.75 Å². The monoisotopic (exact) mass is 283 g/mol. The predicted octanol–water partition coefficient (Wildman–Crippen LogP) is 3.35. The standard InChI is InChI=1S/C13H18BrNO/c1-9-5-11(13(16)12(14)6-9)8-15-7-10-3-2-4-10/h5-6,10,15-16H,2-4,7-8H2,1H3. The fourth-order valence-electron chi connectivity index (χ4n) is 2.05. The number of phenols is 1. The fourth-order valence-corrected chi connectivity index (χ4v) is 2.66. The third kappa shape index (κ3) is 2.77. The maximum absolute atomic E-state index is 9.87. The van der Waals surface area contributed by atoms with E-state index in [-0.39, 0.29) is 0 Å². The number of aromatic hydroxyl groups is 1. The summed E-state index contributed by atoms with van der Waals surface area (Å²) in [6.07, 6.45) is 4.10. The van der Waals surface area contributed by atoms with Crippen LogP contribution in [-0.2, 0) is 6.54 Å². The van der Waals surface area contributed by atoms with E-state index in [1.165, 1.54) is 24.8 Å². The van der Waals surface area contributed by atoms with Gasteiger partial charge in [-0.05, 0) is 59.8 Å². The van der Waals surface area contributed by atoms with E-state index in [9.17, 15) is 5.11 Å². The molecular weight excluding hydrogens is 266 g/mol. The van der Waals surface area contributed by atoms with Gasteiger partial charge < -0.3 is 10.4 Å².